The fourth-order valence-corrected chi connectivity index (χ4v) is 5.08. The number of ether oxygens (including phenoxy) is 1. The second-order valence-electron chi connectivity index (χ2n) is 9.37. The molecule has 1 fully saturated rings. The van der Waals surface area contributed by atoms with Crippen molar-refractivity contribution in [3.05, 3.63) is 64.1 Å². The standard InChI is InChI=1S/C25H31ClN2O3S.C5H10N2O.C2H6/c1-4-7-23(32-17-26)24(30)27-22-9-6-8-20(21(22)16-29)25(31)28(3)15-14-19-12-10-18(5-2)11-13-19;6-5-7-1-3-8-4-2-7;1-2/h6-10,12-13,16,18H,4-5,11,14-15,17H2,1-3H3,(H,27,30);5-6H,1-4H2;1-2H3/b23-7-;;. The monoisotopic (exact) mass is 618 g/mol. The normalized spacial score (nSPS) is 16.1. The predicted octanol–water partition coefficient (Wildman–Crippen LogP) is 6.99. The SMILES string of the molecule is CC.CC/C=C(\SCCl)C(=O)Nc1cccc(C(=O)N(C)CCC2=CCC(CC)C=C2)c1C=O.N=CN1CCOCC1. The molecule has 1 heterocycles. The topological polar surface area (TPSA) is 103 Å². The van der Waals surface area contributed by atoms with Gasteiger partial charge in [0.25, 0.3) is 11.8 Å². The third-order valence-electron chi connectivity index (χ3n) is 6.63. The van der Waals surface area contributed by atoms with E-state index in [-0.39, 0.29) is 28.2 Å². The van der Waals surface area contributed by atoms with Crippen LogP contribution in [0.3, 0.4) is 0 Å². The zero-order valence-corrected chi connectivity index (χ0v) is 27.2. The fraction of sp³-hybridized carbons (Fsp3) is 0.500. The van der Waals surface area contributed by atoms with Gasteiger partial charge in [-0.25, -0.2) is 0 Å². The lowest BCUT2D eigenvalue weighted by atomic mass is 9.93. The molecule has 2 amide bonds. The van der Waals surface area contributed by atoms with Crippen molar-refractivity contribution in [1.82, 2.24) is 9.80 Å². The Kier molecular flexibility index (Phi) is 19.3. The number of aldehydes is 1. The number of alkyl halides is 1. The number of allylic oxidation sites excluding steroid dienone is 4. The highest BCUT2D eigenvalue weighted by Gasteiger charge is 2.20. The molecule has 42 heavy (non-hydrogen) atoms. The highest BCUT2D eigenvalue weighted by molar-refractivity contribution is 8.05. The van der Waals surface area contributed by atoms with Crippen LogP contribution in [-0.4, -0.2) is 79.3 Å². The summed E-state index contributed by atoms with van der Waals surface area (Å²) in [6.45, 7) is 11.9. The quantitative estimate of drug-likeness (QED) is 0.0861. The van der Waals surface area contributed by atoms with Crippen molar-refractivity contribution >= 4 is 53.5 Å². The Balaban J connectivity index is 0.000000748. The number of rotatable bonds is 12. The Hall–Kier alpha value is -2.88. The van der Waals surface area contributed by atoms with E-state index in [0.29, 0.717) is 35.8 Å². The minimum Gasteiger partial charge on any atom is -0.378 e. The molecule has 3 rings (SSSR count). The lowest BCUT2D eigenvalue weighted by Gasteiger charge is -2.23. The van der Waals surface area contributed by atoms with Crippen LogP contribution in [0.15, 0.2) is 53.0 Å². The molecular formula is C32H47ClN4O4S. The van der Waals surface area contributed by atoms with Crippen molar-refractivity contribution in [1.29, 1.82) is 5.41 Å². The maximum atomic E-state index is 13.1. The average molecular weight is 619 g/mol. The molecule has 0 radical (unpaired) electrons. The molecule has 1 aliphatic carbocycles. The number of hydrogen-bond acceptors (Lipinski definition) is 6. The maximum absolute atomic E-state index is 13.1. The number of amides is 2. The zero-order chi connectivity index (χ0) is 31.3. The van der Waals surface area contributed by atoms with Crippen LogP contribution in [0.25, 0.3) is 0 Å². The maximum Gasteiger partial charge on any atom is 0.261 e. The molecule has 1 aromatic carbocycles. The third kappa shape index (κ3) is 12.5. The molecule has 0 saturated carbocycles. The van der Waals surface area contributed by atoms with Crippen molar-refractivity contribution in [2.75, 3.05) is 50.4 Å². The number of thioether (sulfide) groups is 1. The van der Waals surface area contributed by atoms with Gasteiger partial charge in [0.2, 0.25) is 0 Å². The van der Waals surface area contributed by atoms with E-state index in [1.165, 1.54) is 23.7 Å². The van der Waals surface area contributed by atoms with E-state index in [1.807, 2.05) is 25.7 Å². The number of anilines is 1. The van der Waals surface area contributed by atoms with Crippen LogP contribution in [-0.2, 0) is 9.53 Å². The molecule has 10 heteroatoms. The Labute approximate surface area is 261 Å². The molecule has 232 valence electrons. The summed E-state index contributed by atoms with van der Waals surface area (Å²) in [7, 11) is 1.73. The summed E-state index contributed by atoms with van der Waals surface area (Å²) in [6.07, 6.45) is 14.0. The number of benzene rings is 1. The molecule has 0 aromatic heterocycles. The Morgan fingerprint density at radius 2 is 1.95 bits per heavy atom. The van der Waals surface area contributed by atoms with E-state index >= 15 is 0 Å². The van der Waals surface area contributed by atoms with Gasteiger partial charge in [-0.1, -0.05) is 63.6 Å². The van der Waals surface area contributed by atoms with Crippen LogP contribution < -0.4 is 5.32 Å². The summed E-state index contributed by atoms with van der Waals surface area (Å²) >= 11 is 6.99. The number of hydrogen-bond donors (Lipinski definition) is 2. The number of carbonyl (C=O) groups is 3. The first-order valence-corrected chi connectivity index (χ1v) is 16.1. The van der Waals surface area contributed by atoms with Gasteiger partial charge in [-0.2, -0.15) is 0 Å². The molecule has 1 aromatic rings. The molecule has 1 saturated heterocycles. The Bertz CT molecular complexity index is 1100. The number of nitrogens with one attached hydrogen (secondary N) is 2. The fourth-order valence-electron chi connectivity index (χ4n) is 4.14. The van der Waals surface area contributed by atoms with Gasteiger partial charge in [0, 0.05) is 26.7 Å². The van der Waals surface area contributed by atoms with Gasteiger partial charge in [-0.05, 0) is 43.7 Å². The van der Waals surface area contributed by atoms with Gasteiger partial charge in [0.05, 0.1) is 46.5 Å². The molecule has 0 bridgehead atoms. The van der Waals surface area contributed by atoms with E-state index in [0.717, 1.165) is 45.6 Å². The summed E-state index contributed by atoms with van der Waals surface area (Å²) in [5.74, 6) is -0.00354. The first-order chi connectivity index (χ1) is 20.4. The second kappa shape index (κ2) is 21.8. The molecule has 0 spiro atoms. The van der Waals surface area contributed by atoms with Gasteiger partial charge in [0.15, 0.2) is 6.29 Å². The minimum atomic E-state index is -0.347. The lowest BCUT2D eigenvalue weighted by molar-refractivity contribution is -0.112. The number of halogens is 1. The smallest absolute Gasteiger partial charge is 0.261 e. The third-order valence-corrected chi connectivity index (χ3v) is 7.73. The van der Waals surface area contributed by atoms with Gasteiger partial charge >= 0.3 is 0 Å². The second-order valence-corrected chi connectivity index (χ2v) is 11.0. The van der Waals surface area contributed by atoms with E-state index in [9.17, 15) is 14.4 Å². The Morgan fingerprint density at radius 3 is 2.48 bits per heavy atom. The average Bonchev–Trinajstić information content (AvgIpc) is 3.04. The number of morpholine rings is 1. The molecule has 1 aliphatic heterocycles. The molecule has 1 atom stereocenters. The van der Waals surface area contributed by atoms with E-state index in [1.54, 1.807) is 36.2 Å². The molecule has 8 nitrogen and oxygen atoms in total. The summed E-state index contributed by atoms with van der Waals surface area (Å²) in [4.78, 5) is 41.6. The van der Waals surface area contributed by atoms with E-state index in [4.69, 9.17) is 21.7 Å². The van der Waals surface area contributed by atoms with Crippen molar-refractivity contribution in [2.24, 2.45) is 5.92 Å². The Morgan fingerprint density at radius 1 is 1.24 bits per heavy atom. The van der Waals surface area contributed by atoms with E-state index < -0.39 is 0 Å². The van der Waals surface area contributed by atoms with Crippen molar-refractivity contribution in [3.63, 3.8) is 0 Å². The summed E-state index contributed by atoms with van der Waals surface area (Å²) in [6, 6.07) is 4.90. The summed E-state index contributed by atoms with van der Waals surface area (Å²) in [5.41, 5.74) is 1.97. The molecule has 2 aliphatic rings. The van der Waals surface area contributed by atoms with E-state index in [2.05, 4.69) is 30.5 Å². The minimum absolute atomic E-state index is 0.173. The predicted molar refractivity (Wildman–Crippen MR) is 177 cm³/mol. The highest BCUT2D eigenvalue weighted by Crippen LogP contribution is 2.25. The molecule has 2 N–H and O–H groups in total. The van der Waals surface area contributed by atoms with Crippen LogP contribution in [0, 0.1) is 11.3 Å². The van der Waals surface area contributed by atoms with Crippen molar-refractivity contribution < 1.29 is 19.1 Å². The lowest BCUT2D eigenvalue weighted by Crippen LogP contribution is -2.34. The molecular weight excluding hydrogens is 572 g/mol. The number of carbonyl (C=O) groups excluding carboxylic acids is 3. The van der Waals surface area contributed by atoms with Crippen LogP contribution in [0.2, 0.25) is 0 Å². The summed E-state index contributed by atoms with van der Waals surface area (Å²) in [5, 5.41) is 9.84. The highest BCUT2D eigenvalue weighted by atomic mass is 35.5. The van der Waals surface area contributed by atoms with Crippen molar-refractivity contribution in [3.8, 4) is 0 Å². The van der Waals surface area contributed by atoms with Gasteiger partial charge < -0.3 is 19.9 Å². The van der Waals surface area contributed by atoms with Gasteiger partial charge in [0.1, 0.15) is 0 Å². The van der Waals surface area contributed by atoms with Gasteiger partial charge in [-0.3, -0.25) is 19.8 Å². The summed E-state index contributed by atoms with van der Waals surface area (Å²) < 4.78 is 5.06. The van der Waals surface area contributed by atoms with Crippen LogP contribution >= 0.6 is 23.4 Å². The van der Waals surface area contributed by atoms with Gasteiger partial charge in [-0.15, -0.1) is 23.4 Å². The first kappa shape index (κ1) is 37.1. The molecule has 1 unspecified atom stereocenters. The number of nitrogens with zero attached hydrogens (tertiary/aromatic N) is 2. The van der Waals surface area contributed by atoms with Crippen molar-refractivity contribution in [2.45, 2.75) is 53.4 Å². The van der Waals surface area contributed by atoms with Crippen LogP contribution in [0.1, 0.15) is 74.1 Å². The first-order valence-electron chi connectivity index (χ1n) is 14.6. The zero-order valence-electron chi connectivity index (χ0n) is 25.7. The largest absolute Gasteiger partial charge is 0.378 e. The van der Waals surface area contributed by atoms with Crippen LogP contribution in [0.4, 0.5) is 5.69 Å². The van der Waals surface area contributed by atoms with Crippen LogP contribution in [0.5, 0.6) is 0 Å².